The van der Waals surface area contributed by atoms with E-state index in [0.29, 0.717) is 0 Å². The fraction of sp³-hybridized carbons (Fsp3) is 1.00. The molecule has 0 amide bonds. The van der Waals surface area contributed by atoms with E-state index in [-0.39, 0.29) is 6.61 Å². The molecule has 0 aromatic carbocycles. The van der Waals surface area contributed by atoms with Gasteiger partial charge in [-0.15, -0.1) is 0 Å². The van der Waals surface area contributed by atoms with E-state index in [1.54, 1.807) is 20.8 Å². The maximum atomic E-state index is 10.8. The van der Waals surface area contributed by atoms with Gasteiger partial charge in [0.05, 0.1) is 37.5 Å². The summed E-state index contributed by atoms with van der Waals surface area (Å²) in [6, 6.07) is -2.31. The van der Waals surface area contributed by atoms with Crippen molar-refractivity contribution in [3.63, 3.8) is 0 Å². The fourth-order valence-electron chi connectivity index (χ4n) is 4.47. The Morgan fingerprint density at radius 1 is 0.632 bits per heavy atom. The highest BCUT2D eigenvalue weighted by atomic mass is 16.7. The summed E-state index contributed by atoms with van der Waals surface area (Å²) in [6.45, 7) is 3.54. The summed E-state index contributed by atoms with van der Waals surface area (Å²) in [6.07, 6.45) is -18.5. The van der Waals surface area contributed by atoms with Crippen molar-refractivity contribution < 1.29 is 69.3 Å². The highest BCUT2D eigenvalue weighted by Gasteiger charge is 2.51. The van der Waals surface area contributed by atoms with Crippen molar-refractivity contribution in [3.05, 3.63) is 0 Å². The molecule has 0 spiro atoms. The van der Waals surface area contributed by atoms with Crippen LogP contribution in [0.4, 0.5) is 0 Å². The molecule has 3 heterocycles. The monoisotopic (exact) mass is 558 g/mol. The first-order chi connectivity index (χ1) is 17.7. The van der Waals surface area contributed by atoms with Crippen LogP contribution in [0, 0.1) is 0 Å². The van der Waals surface area contributed by atoms with Crippen molar-refractivity contribution in [1.82, 2.24) is 0 Å². The largest absolute Gasteiger partial charge is 0.394 e. The maximum absolute atomic E-state index is 10.8. The molecule has 9 unspecified atom stereocenters. The molecule has 16 heteroatoms. The van der Waals surface area contributed by atoms with E-state index < -0.39 is 111 Å². The molecule has 38 heavy (non-hydrogen) atoms. The van der Waals surface area contributed by atoms with Crippen LogP contribution in [0.15, 0.2) is 0 Å². The summed E-state index contributed by atoms with van der Waals surface area (Å²) in [4.78, 5) is 0. The van der Waals surface area contributed by atoms with Crippen molar-refractivity contribution in [2.24, 2.45) is 11.5 Å². The van der Waals surface area contributed by atoms with Crippen LogP contribution in [-0.2, 0) is 28.4 Å². The average molecular weight is 559 g/mol. The van der Waals surface area contributed by atoms with Gasteiger partial charge in [0.1, 0.15) is 61.0 Å². The third-order valence-corrected chi connectivity index (χ3v) is 6.68. The van der Waals surface area contributed by atoms with Crippen LogP contribution >= 0.6 is 0 Å². The Morgan fingerprint density at radius 2 is 1.16 bits per heavy atom. The Labute approximate surface area is 219 Å². The molecule has 0 saturated carbocycles. The normalized spacial score (nSPS) is 48.7. The molecule has 0 radical (unpaired) electrons. The van der Waals surface area contributed by atoms with Gasteiger partial charge in [-0.05, 0) is 20.8 Å². The third kappa shape index (κ3) is 6.98. The smallest absolute Gasteiger partial charge is 0.187 e. The summed E-state index contributed by atoms with van der Waals surface area (Å²) in [5, 5.41) is 81.0. The van der Waals surface area contributed by atoms with E-state index >= 15 is 0 Å². The topological polar surface area (TPSA) is 269 Å². The highest BCUT2D eigenvalue weighted by molar-refractivity contribution is 4.96. The summed E-state index contributed by atoms with van der Waals surface area (Å²) >= 11 is 0. The molecular weight excluding hydrogens is 516 g/mol. The predicted octanol–water partition coefficient (Wildman–Crippen LogP) is -5.82. The lowest BCUT2D eigenvalue weighted by molar-refractivity contribution is -0.351. The van der Waals surface area contributed by atoms with Crippen molar-refractivity contribution in [2.45, 2.75) is 118 Å². The van der Waals surface area contributed by atoms with Gasteiger partial charge in [0.25, 0.3) is 0 Å². The fourth-order valence-corrected chi connectivity index (χ4v) is 4.47. The SMILES string of the molecule is CC(C)(C)O[C@H]1OC(CO[C@@H]2OC(CO)C(O[C@@H]3OC(CO)C(O)[C@H](O)C3O)[C@H](O)C2N)C(O)[C@H](O)C1N. The summed E-state index contributed by atoms with van der Waals surface area (Å²) in [5.74, 6) is 0. The van der Waals surface area contributed by atoms with Crippen LogP contribution in [-0.4, -0.2) is 158 Å². The lowest BCUT2D eigenvalue weighted by Crippen LogP contribution is -2.67. The van der Waals surface area contributed by atoms with E-state index in [0.717, 1.165) is 0 Å². The van der Waals surface area contributed by atoms with Gasteiger partial charge in [0.2, 0.25) is 0 Å². The molecule has 0 bridgehead atoms. The summed E-state index contributed by atoms with van der Waals surface area (Å²) in [7, 11) is 0. The minimum atomic E-state index is -1.75. The highest BCUT2D eigenvalue weighted by Crippen LogP contribution is 2.30. The van der Waals surface area contributed by atoms with Crippen LogP contribution in [0.1, 0.15) is 20.8 Å². The lowest BCUT2D eigenvalue weighted by Gasteiger charge is -2.47. The Bertz CT molecular complexity index is 741. The van der Waals surface area contributed by atoms with E-state index in [9.17, 15) is 40.9 Å². The molecule has 3 aliphatic heterocycles. The van der Waals surface area contributed by atoms with Gasteiger partial charge in [-0.2, -0.15) is 0 Å². The van der Waals surface area contributed by atoms with Gasteiger partial charge in [-0.3, -0.25) is 0 Å². The number of aliphatic hydroxyl groups is 8. The van der Waals surface area contributed by atoms with E-state index in [1.807, 2.05) is 0 Å². The number of hydrogen-bond acceptors (Lipinski definition) is 16. The number of hydrogen-bond donors (Lipinski definition) is 10. The van der Waals surface area contributed by atoms with Gasteiger partial charge in [0, 0.05) is 0 Å². The number of nitrogens with two attached hydrogens (primary N) is 2. The first kappa shape index (κ1) is 31.9. The zero-order chi connectivity index (χ0) is 28.5. The number of aliphatic hydroxyl groups excluding tert-OH is 8. The molecule has 0 aliphatic carbocycles. The van der Waals surface area contributed by atoms with Crippen LogP contribution < -0.4 is 11.5 Å². The lowest BCUT2D eigenvalue weighted by atomic mass is 9.95. The predicted molar refractivity (Wildman–Crippen MR) is 124 cm³/mol. The van der Waals surface area contributed by atoms with Gasteiger partial charge in [-0.25, -0.2) is 0 Å². The van der Waals surface area contributed by atoms with Crippen molar-refractivity contribution in [2.75, 3.05) is 19.8 Å². The molecule has 3 aliphatic rings. The first-order valence-corrected chi connectivity index (χ1v) is 12.4. The molecule has 15 atom stereocenters. The van der Waals surface area contributed by atoms with E-state index in [1.165, 1.54) is 0 Å². The Hall–Kier alpha value is -0.640. The van der Waals surface area contributed by atoms with Crippen LogP contribution in [0.2, 0.25) is 0 Å². The second-order valence-electron chi connectivity index (χ2n) is 10.8. The van der Waals surface area contributed by atoms with Gasteiger partial charge in [-0.1, -0.05) is 0 Å². The van der Waals surface area contributed by atoms with Gasteiger partial charge < -0.3 is 80.7 Å². The second-order valence-corrected chi connectivity index (χ2v) is 10.8. The van der Waals surface area contributed by atoms with Gasteiger partial charge in [0.15, 0.2) is 18.9 Å². The average Bonchev–Trinajstić information content (AvgIpc) is 2.86. The Morgan fingerprint density at radius 3 is 1.74 bits per heavy atom. The van der Waals surface area contributed by atoms with Gasteiger partial charge >= 0.3 is 0 Å². The Balaban J connectivity index is 1.64. The summed E-state index contributed by atoms with van der Waals surface area (Å²) < 4.78 is 33.6. The Kier molecular flexibility index (Phi) is 10.8. The standard InChI is InChI=1S/C22H42N2O14/c1-22(2,3)38-20-10(23)14(29)13(28)9(36-20)6-33-19-11(24)15(30)18(8(5-26)35-19)37-21-17(32)16(31)12(27)7(4-25)34-21/h7-21,25-32H,4-6,23-24H2,1-3H3/t7?,8?,9?,10?,11?,12?,13?,14-,15-,16+,17?,18?,19-,20-,21+/m1/s1. The van der Waals surface area contributed by atoms with Crippen molar-refractivity contribution in [3.8, 4) is 0 Å². The van der Waals surface area contributed by atoms with Crippen molar-refractivity contribution in [1.29, 1.82) is 0 Å². The second kappa shape index (κ2) is 12.9. The molecular formula is C22H42N2O14. The maximum Gasteiger partial charge on any atom is 0.187 e. The minimum Gasteiger partial charge on any atom is -0.394 e. The van der Waals surface area contributed by atoms with Crippen LogP contribution in [0.25, 0.3) is 0 Å². The molecule has 3 saturated heterocycles. The van der Waals surface area contributed by atoms with E-state index in [2.05, 4.69) is 0 Å². The molecule has 3 fully saturated rings. The number of rotatable bonds is 8. The molecule has 224 valence electrons. The number of ether oxygens (including phenoxy) is 6. The molecule has 0 aromatic heterocycles. The molecule has 3 rings (SSSR count). The van der Waals surface area contributed by atoms with Crippen LogP contribution in [0.3, 0.4) is 0 Å². The van der Waals surface area contributed by atoms with Crippen LogP contribution in [0.5, 0.6) is 0 Å². The zero-order valence-corrected chi connectivity index (χ0v) is 21.5. The quantitative estimate of drug-likeness (QED) is 0.133. The minimum absolute atomic E-state index is 0.365. The molecule has 12 N–H and O–H groups in total. The molecule has 16 nitrogen and oxygen atoms in total. The van der Waals surface area contributed by atoms with E-state index in [4.69, 9.17) is 39.9 Å². The first-order valence-electron chi connectivity index (χ1n) is 12.4. The molecule has 0 aromatic rings. The zero-order valence-electron chi connectivity index (χ0n) is 21.5. The summed E-state index contributed by atoms with van der Waals surface area (Å²) in [5.41, 5.74) is 11.4. The van der Waals surface area contributed by atoms with Crippen molar-refractivity contribution >= 4 is 0 Å². The third-order valence-electron chi connectivity index (χ3n) is 6.68.